The molecule has 1 fully saturated rings. The molecule has 2 aliphatic rings. The lowest BCUT2D eigenvalue weighted by Crippen LogP contribution is -2.40. The van der Waals surface area contributed by atoms with E-state index < -0.39 is 5.97 Å². The van der Waals surface area contributed by atoms with Crippen LogP contribution in [0.2, 0.25) is 5.02 Å². The van der Waals surface area contributed by atoms with Gasteiger partial charge in [-0.2, -0.15) is 0 Å². The van der Waals surface area contributed by atoms with Crippen molar-refractivity contribution in [2.45, 2.75) is 51.2 Å². The van der Waals surface area contributed by atoms with Gasteiger partial charge in [0.05, 0.1) is 42.9 Å². The van der Waals surface area contributed by atoms with Crippen LogP contribution in [0.15, 0.2) is 54.6 Å². The lowest BCUT2D eigenvalue weighted by Gasteiger charge is -2.28. The third-order valence-electron chi connectivity index (χ3n) is 7.92. The fourth-order valence-electron chi connectivity index (χ4n) is 5.48. The van der Waals surface area contributed by atoms with Gasteiger partial charge in [0.2, 0.25) is 6.79 Å². The Morgan fingerprint density at radius 2 is 1.71 bits per heavy atom. The summed E-state index contributed by atoms with van der Waals surface area (Å²) in [7, 11) is 2.66. The molecule has 5 rings (SSSR count). The summed E-state index contributed by atoms with van der Waals surface area (Å²) in [6.45, 7) is 0.827. The van der Waals surface area contributed by atoms with Gasteiger partial charge in [-0.1, -0.05) is 30.2 Å². The van der Waals surface area contributed by atoms with Crippen LogP contribution in [0.4, 0.5) is 0 Å². The van der Waals surface area contributed by atoms with Gasteiger partial charge in [0.1, 0.15) is 18.1 Å². The summed E-state index contributed by atoms with van der Waals surface area (Å²) in [5.41, 5.74) is 2.39. The van der Waals surface area contributed by atoms with Crippen molar-refractivity contribution in [3.05, 3.63) is 81.9 Å². The molecule has 238 valence electrons. The van der Waals surface area contributed by atoms with Crippen molar-refractivity contribution in [3.8, 4) is 23.0 Å². The van der Waals surface area contributed by atoms with E-state index in [1.165, 1.54) is 20.3 Å². The van der Waals surface area contributed by atoms with E-state index >= 15 is 0 Å². The molecule has 0 radical (unpaired) electrons. The molecule has 1 saturated carbocycles. The summed E-state index contributed by atoms with van der Waals surface area (Å²) in [6, 6.07) is 15.8. The lowest BCUT2D eigenvalue weighted by atomic mass is 9.85. The zero-order valence-electron chi connectivity index (χ0n) is 25.3. The fourth-order valence-corrected chi connectivity index (χ4v) is 5.69. The minimum absolute atomic E-state index is 0.182. The molecule has 1 amide bonds. The van der Waals surface area contributed by atoms with Crippen LogP contribution in [0, 0.1) is 5.92 Å². The maximum absolute atomic E-state index is 13.4. The van der Waals surface area contributed by atoms with Crippen LogP contribution in [-0.2, 0) is 27.3 Å². The van der Waals surface area contributed by atoms with Gasteiger partial charge < -0.3 is 33.7 Å². The van der Waals surface area contributed by atoms with Crippen LogP contribution < -0.4 is 24.3 Å². The van der Waals surface area contributed by atoms with Gasteiger partial charge in [0.25, 0.3) is 5.91 Å². The molecule has 3 aromatic carbocycles. The highest BCUT2D eigenvalue weighted by Crippen LogP contribution is 2.37. The van der Waals surface area contributed by atoms with Gasteiger partial charge >= 0.3 is 11.9 Å². The number of aryl methyl sites for hydroxylation is 1. The van der Waals surface area contributed by atoms with Crippen LogP contribution in [0.25, 0.3) is 0 Å². The zero-order chi connectivity index (χ0) is 31.8. The van der Waals surface area contributed by atoms with E-state index in [4.69, 9.17) is 40.0 Å². The first-order chi connectivity index (χ1) is 21.8. The molecule has 1 aliphatic carbocycles. The van der Waals surface area contributed by atoms with Crippen LogP contribution in [0.3, 0.4) is 0 Å². The normalized spacial score (nSPS) is 16.9. The predicted octanol–water partition coefficient (Wildman–Crippen LogP) is 5.91. The van der Waals surface area contributed by atoms with E-state index in [2.05, 4.69) is 5.32 Å². The molecule has 10 nitrogen and oxygen atoms in total. The van der Waals surface area contributed by atoms with E-state index in [1.54, 1.807) is 18.2 Å². The highest BCUT2D eigenvalue weighted by atomic mass is 35.5. The van der Waals surface area contributed by atoms with Crippen molar-refractivity contribution in [1.82, 2.24) is 5.32 Å². The maximum atomic E-state index is 13.4. The number of nitrogens with one attached hydrogen (secondary N) is 1. The first-order valence-electron chi connectivity index (χ1n) is 14.9. The molecule has 45 heavy (non-hydrogen) atoms. The number of amides is 1. The number of hydrogen-bond donors (Lipinski definition) is 1. The number of benzene rings is 3. The summed E-state index contributed by atoms with van der Waals surface area (Å²) < 4.78 is 32.4. The number of carbonyl (C=O) groups is 3. The van der Waals surface area contributed by atoms with Crippen LogP contribution >= 0.6 is 11.6 Å². The molecule has 2 atom stereocenters. The largest absolute Gasteiger partial charge is 0.493 e. The Balaban J connectivity index is 1.14. The van der Waals surface area contributed by atoms with Crippen molar-refractivity contribution >= 4 is 29.4 Å². The van der Waals surface area contributed by atoms with Crippen molar-refractivity contribution in [1.29, 1.82) is 0 Å². The zero-order valence-corrected chi connectivity index (χ0v) is 26.0. The highest BCUT2D eigenvalue weighted by Gasteiger charge is 2.29. The molecule has 0 aromatic heterocycles. The number of fused-ring (bicyclic) bond motifs is 1. The molecular weight excluding hydrogens is 602 g/mol. The minimum Gasteiger partial charge on any atom is -0.493 e. The number of rotatable bonds is 12. The third-order valence-corrected chi connectivity index (χ3v) is 8.27. The molecule has 0 bridgehead atoms. The number of methoxy groups -OCH3 is 2. The van der Waals surface area contributed by atoms with Gasteiger partial charge in [0.15, 0.2) is 11.5 Å². The lowest BCUT2D eigenvalue weighted by molar-refractivity contribution is -0.146. The van der Waals surface area contributed by atoms with Gasteiger partial charge in [-0.15, -0.1) is 0 Å². The number of carbonyl (C=O) groups excluding carboxylic acids is 3. The monoisotopic (exact) mass is 637 g/mol. The van der Waals surface area contributed by atoms with Crippen molar-refractivity contribution in [3.63, 3.8) is 0 Å². The van der Waals surface area contributed by atoms with Crippen LogP contribution in [0.5, 0.6) is 23.0 Å². The average molecular weight is 638 g/mol. The Hall–Kier alpha value is -4.44. The van der Waals surface area contributed by atoms with Crippen molar-refractivity contribution in [2.75, 3.05) is 27.6 Å². The van der Waals surface area contributed by atoms with Gasteiger partial charge in [-0.25, -0.2) is 4.79 Å². The summed E-state index contributed by atoms with van der Waals surface area (Å²) in [5.74, 6) is 0.922. The van der Waals surface area contributed by atoms with Crippen molar-refractivity contribution < 1.29 is 42.8 Å². The fraction of sp³-hybridized carbons (Fsp3) is 0.382. The summed E-state index contributed by atoms with van der Waals surface area (Å²) >= 11 is 6.35. The molecule has 1 heterocycles. The molecule has 11 heteroatoms. The van der Waals surface area contributed by atoms with E-state index in [0.717, 1.165) is 36.8 Å². The van der Waals surface area contributed by atoms with E-state index in [9.17, 15) is 14.4 Å². The van der Waals surface area contributed by atoms with E-state index in [-0.39, 0.29) is 41.8 Å². The molecule has 1 N–H and O–H groups in total. The van der Waals surface area contributed by atoms with Crippen LogP contribution in [0.1, 0.15) is 63.9 Å². The van der Waals surface area contributed by atoms with Gasteiger partial charge in [0, 0.05) is 17.7 Å². The second-order valence-electron chi connectivity index (χ2n) is 10.9. The topological polar surface area (TPSA) is 119 Å². The highest BCUT2D eigenvalue weighted by molar-refractivity contribution is 6.31. The SMILES string of the molecule is COC(=O)c1ccc(OCCCc2ccc(OCc3cc4c(cc3Cl)OCO4)cc2)c(C(=O)NC2CCCC(C(=O)OC)C2)c1. The Morgan fingerprint density at radius 1 is 0.933 bits per heavy atom. The van der Waals surface area contributed by atoms with E-state index in [1.807, 2.05) is 30.3 Å². The Morgan fingerprint density at radius 3 is 2.47 bits per heavy atom. The summed E-state index contributed by atoms with van der Waals surface area (Å²) in [6.07, 6.45) is 4.22. The Labute approximate surface area is 266 Å². The molecule has 3 aromatic rings. The number of ether oxygens (including phenoxy) is 6. The predicted molar refractivity (Wildman–Crippen MR) is 165 cm³/mol. The molecule has 0 spiro atoms. The average Bonchev–Trinajstić information content (AvgIpc) is 3.52. The molecule has 2 unspecified atom stereocenters. The second-order valence-corrected chi connectivity index (χ2v) is 11.3. The molecule has 0 saturated heterocycles. The standard InChI is InChI=1S/C34H36ClNO9/c1-40-33(38)22-6-3-7-25(15-22)36-32(37)27-16-23(34(39)41-2)10-13-29(27)42-14-4-5-21-8-11-26(12-9-21)43-19-24-17-30-31(18-28(24)35)45-20-44-30/h8-13,16-18,22,25H,3-7,14-15,19-20H2,1-2H3,(H,36,37). The quantitative estimate of drug-likeness (QED) is 0.191. The van der Waals surface area contributed by atoms with Crippen molar-refractivity contribution in [2.24, 2.45) is 5.92 Å². The van der Waals surface area contributed by atoms with Gasteiger partial charge in [-0.3, -0.25) is 9.59 Å². The number of halogens is 1. The van der Waals surface area contributed by atoms with Crippen LogP contribution in [-0.4, -0.2) is 51.5 Å². The molecular formula is C34H36ClNO9. The first-order valence-corrected chi connectivity index (χ1v) is 15.3. The summed E-state index contributed by atoms with van der Waals surface area (Å²) in [4.78, 5) is 37.6. The van der Waals surface area contributed by atoms with E-state index in [0.29, 0.717) is 54.1 Å². The minimum atomic E-state index is -0.551. The maximum Gasteiger partial charge on any atom is 0.337 e. The summed E-state index contributed by atoms with van der Waals surface area (Å²) in [5, 5.41) is 3.57. The third kappa shape index (κ3) is 8.19. The Bertz CT molecular complexity index is 1520. The second kappa shape index (κ2) is 15.0. The Kier molecular flexibility index (Phi) is 10.7. The first kappa shape index (κ1) is 32.0. The molecule has 1 aliphatic heterocycles. The number of hydrogen-bond acceptors (Lipinski definition) is 9. The number of esters is 2. The smallest absolute Gasteiger partial charge is 0.337 e. The van der Waals surface area contributed by atoms with Gasteiger partial charge in [-0.05, 0) is 74.1 Å².